The second-order valence-electron chi connectivity index (χ2n) is 28.3. The number of carbonyl (C=O) groups excluding carboxylic acids is 8. The molecule has 4 fully saturated rings. The van der Waals surface area contributed by atoms with E-state index in [1.54, 1.807) is 57.4 Å². The molecule has 0 spiro atoms. The molecule has 6 aromatic rings. The third-order valence-electron chi connectivity index (χ3n) is 19.7. The molecule has 0 radical (unpaired) electrons. The molecule has 0 saturated heterocycles. The molecule has 28 nitrogen and oxygen atoms in total. The molecule has 4 saturated carbocycles. The third kappa shape index (κ3) is 16.1. The van der Waals surface area contributed by atoms with Crippen molar-refractivity contribution < 1.29 is 70.7 Å². The van der Waals surface area contributed by atoms with Crippen molar-refractivity contribution in [3.8, 4) is 11.1 Å². The van der Waals surface area contributed by atoms with Crippen LogP contribution in [-0.2, 0) is 69.7 Å². The lowest BCUT2D eigenvalue weighted by Gasteiger charge is -2.69. The number of pyridine rings is 1. The van der Waals surface area contributed by atoms with Gasteiger partial charge in [-0.2, -0.15) is 13.5 Å². The first-order chi connectivity index (χ1) is 47.4. The number of fused-ring (bicyclic) bond motifs is 2. The van der Waals surface area contributed by atoms with Gasteiger partial charge in [-0.25, -0.2) is 24.4 Å². The zero-order valence-corrected chi connectivity index (χ0v) is 58.1. The van der Waals surface area contributed by atoms with E-state index in [1.807, 2.05) is 65.0 Å². The van der Waals surface area contributed by atoms with Crippen molar-refractivity contribution in [2.24, 2.45) is 27.9 Å². The number of nitrogens with zero attached hydrogens (tertiary/aromatic N) is 7. The molecule has 4 aliphatic carbocycles. The first kappa shape index (κ1) is 71.6. The number of para-hydroxylation sites is 1. The van der Waals surface area contributed by atoms with E-state index in [0.717, 1.165) is 77.7 Å². The van der Waals surface area contributed by atoms with E-state index >= 15 is 0 Å². The summed E-state index contributed by atoms with van der Waals surface area (Å²) >= 11 is 1.41. The average Bonchev–Trinajstić information content (AvgIpc) is 0.753. The maximum Gasteiger partial charge on any atom is 0.409 e. The van der Waals surface area contributed by atoms with Crippen LogP contribution in [0.2, 0.25) is 0 Å². The maximum absolute atomic E-state index is 13.8. The summed E-state index contributed by atoms with van der Waals surface area (Å²) in [6.45, 7) is 11.2. The Kier molecular flexibility index (Phi) is 20.7. The predicted molar refractivity (Wildman–Crippen MR) is 370 cm³/mol. The zero-order valence-electron chi connectivity index (χ0n) is 56.5. The Morgan fingerprint density at radius 2 is 1.54 bits per heavy atom. The number of likely N-dealkylation sites (N-methyl/N-ethyl adjacent to an activating group) is 1. The Balaban J connectivity index is 0.679. The van der Waals surface area contributed by atoms with Gasteiger partial charge in [0.1, 0.15) is 24.5 Å². The number of thiazole rings is 1. The summed E-state index contributed by atoms with van der Waals surface area (Å²) in [6, 6.07) is 19.9. The molecule has 530 valence electrons. The number of carboxylic acids is 1. The molecule has 30 heteroatoms. The summed E-state index contributed by atoms with van der Waals surface area (Å²) in [5.74, 6) is -5.97. The fourth-order valence-electron chi connectivity index (χ4n) is 16.2. The van der Waals surface area contributed by atoms with E-state index in [0.29, 0.717) is 69.8 Å². The van der Waals surface area contributed by atoms with Crippen molar-refractivity contribution in [1.82, 2.24) is 45.5 Å². The Morgan fingerprint density at radius 1 is 0.820 bits per heavy atom. The van der Waals surface area contributed by atoms with E-state index in [9.17, 15) is 61.2 Å². The summed E-state index contributed by atoms with van der Waals surface area (Å²) in [6.07, 6.45) is 8.68. The number of aromatic carboxylic acids is 1. The number of urea groups is 1. The highest BCUT2D eigenvalue weighted by Gasteiger charge is 2.66. The van der Waals surface area contributed by atoms with Gasteiger partial charge in [0.05, 0.1) is 28.6 Å². The molecule has 5 heterocycles. The number of amides is 9. The molecule has 3 aromatic carbocycles. The van der Waals surface area contributed by atoms with Crippen LogP contribution in [0.5, 0.6) is 0 Å². The maximum atomic E-state index is 13.8. The molecular weight excluding hydrogens is 1330 g/mol. The molecule has 9 N–H and O–H groups in total. The molecule has 4 bridgehead atoms. The Labute approximate surface area is 581 Å². The van der Waals surface area contributed by atoms with Crippen LogP contribution in [0.25, 0.3) is 21.3 Å². The van der Waals surface area contributed by atoms with E-state index in [1.165, 1.54) is 16.2 Å². The van der Waals surface area contributed by atoms with Gasteiger partial charge in [-0.05, 0) is 152 Å². The highest BCUT2D eigenvalue weighted by Crippen LogP contribution is 2.72. The van der Waals surface area contributed by atoms with Crippen molar-refractivity contribution >= 4 is 102 Å². The number of imide groups is 1. The SMILES string of the molecule is Cc1c(-c2ccc(N3CCc4cccc(C(=O)Nc5nc6ccccc6s5)c4C3)nc2C(=O)O)cnn1CC12CC3(C)CC(C)(C1)CC(OCCN(C)C(=O)OCc1ccc(NC(=O)[C@H](CCCNC(N)=O)NC(=O)C(NC(=O)[C@@H](CCN4C(=O)C=CC4=O)S(=O)(=O)O)C(C)C)cc1)(C3)C2. The number of nitrogens with one attached hydrogen (secondary N) is 5. The minimum absolute atomic E-state index is 0.0190. The molecule has 3 aromatic heterocycles. The molecule has 6 aliphatic rings. The summed E-state index contributed by atoms with van der Waals surface area (Å²) in [5.41, 5.74) is 10.5. The van der Waals surface area contributed by atoms with Crippen LogP contribution >= 0.6 is 11.3 Å². The monoisotopic (exact) mass is 1410 g/mol. The van der Waals surface area contributed by atoms with Gasteiger partial charge in [-0.1, -0.05) is 75.4 Å². The standard InChI is InChI=1S/C70H83N13O15S2/c1-41(2)57(78-61(88)53(100(94,95)96)25-28-82-55(84)22-23-56(82)85)62(89)75-51(14-10-26-72-64(71)92)60(87)74-45-18-16-43(17-19-45)33-97-66(93)80(6)29-30-98-70-37-67(4)34-68(5,38-70)36-69(35-67,39-70)40-83-42(3)48(31-73-83)46-20-21-54(77-58(46)63(90)91)81-27-24-44-11-9-12-47(49(44)32-81)59(86)79-65-76-50-13-7-8-15-52(50)99-65/h7-9,11-13,15-23,31,41,51,53,57H,10,14,24-30,32-40H2,1-6H3,(H,74,87)(H,75,89)(H,78,88)(H,90,91)(H3,71,72,92)(H,76,79,86)(H,94,95,96)/t51-,53+,57?,67?,68?,69?,70?/m0/s1. The number of benzene rings is 3. The van der Waals surface area contributed by atoms with Gasteiger partial charge in [-0.15, -0.1) is 0 Å². The molecule has 100 heavy (non-hydrogen) atoms. The highest BCUT2D eigenvalue weighted by molar-refractivity contribution is 7.87. The van der Waals surface area contributed by atoms with Crippen molar-refractivity contribution in [1.29, 1.82) is 0 Å². The predicted octanol–water partition coefficient (Wildman–Crippen LogP) is 7.36. The van der Waals surface area contributed by atoms with Gasteiger partial charge < -0.3 is 51.4 Å². The number of primary amides is 1. The second-order valence-corrected chi connectivity index (χ2v) is 30.9. The van der Waals surface area contributed by atoms with E-state index < -0.39 is 99.6 Å². The Bertz CT molecular complexity index is 4290. The van der Waals surface area contributed by atoms with Crippen LogP contribution in [0.1, 0.15) is 129 Å². The molecule has 9 amide bonds. The zero-order chi connectivity index (χ0) is 71.6. The summed E-state index contributed by atoms with van der Waals surface area (Å²) < 4.78 is 50.4. The van der Waals surface area contributed by atoms with E-state index in [2.05, 4.69) is 45.4 Å². The third-order valence-corrected chi connectivity index (χ3v) is 21.8. The van der Waals surface area contributed by atoms with Crippen molar-refractivity contribution in [2.75, 3.05) is 55.4 Å². The lowest BCUT2D eigenvalue weighted by Crippen LogP contribution is -2.64. The van der Waals surface area contributed by atoms with Gasteiger partial charge in [0.25, 0.3) is 27.8 Å². The Hall–Kier alpha value is -9.65. The minimum Gasteiger partial charge on any atom is -0.476 e. The average molecular weight is 1410 g/mol. The number of anilines is 3. The largest absolute Gasteiger partial charge is 0.476 e. The smallest absolute Gasteiger partial charge is 0.409 e. The van der Waals surface area contributed by atoms with Crippen LogP contribution in [0.3, 0.4) is 0 Å². The van der Waals surface area contributed by atoms with Crippen LogP contribution < -0.4 is 37.2 Å². The molecule has 5 atom stereocenters. The summed E-state index contributed by atoms with van der Waals surface area (Å²) in [4.78, 5) is 131. The summed E-state index contributed by atoms with van der Waals surface area (Å²) in [5, 5.41) is 27.1. The van der Waals surface area contributed by atoms with Gasteiger partial charge in [0, 0.05) is 86.5 Å². The van der Waals surface area contributed by atoms with Crippen LogP contribution in [0, 0.1) is 29.1 Å². The van der Waals surface area contributed by atoms with Gasteiger partial charge in [-0.3, -0.25) is 48.2 Å². The topological polar surface area (TPSA) is 386 Å². The fourth-order valence-corrected chi connectivity index (χ4v) is 17.8. The van der Waals surface area contributed by atoms with Crippen LogP contribution in [-0.4, -0.2) is 164 Å². The minimum atomic E-state index is -5.11. The Morgan fingerprint density at radius 3 is 2.22 bits per heavy atom. The molecule has 3 unspecified atom stereocenters. The lowest BCUT2D eigenvalue weighted by molar-refractivity contribution is -0.248. The molecule has 2 aliphatic heterocycles. The lowest BCUT2D eigenvalue weighted by atomic mass is 9.39. The van der Waals surface area contributed by atoms with Gasteiger partial charge >= 0.3 is 18.1 Å². The number of nitrogens with two attached hydrogens (primary N) is 1. The van der Waals surface area contributed by atoms with E-state index in [4.69, 9.17) is 25.3 Å². The van der Waals surface area contributed by atoms with Crippen molar-refractivity contribution in [3.05, 3.63) is 131 Å². The number of hydrogen-bond acceptors (Lipinski definition) is 18. The van der Waals surface area contributed by atoms with Crippen LogP contribution in [0.4, 0.5) is 26.2 Å². The first-order valence-corrected chi connectivity index (χ1v) is 35.6. The van der Waals surface area contributed by atoms with Crippen molar-refractivity contribution in [2.45, 2.75) is 141 Å². The molecule has 12 rings (SSSR count). The number of ether oxygens (including phenoxy) is 2. The van der Waals surface area contributed by atoms with E-state index in [-0.39, 0.29) is 67.0 Å². The first-order valence-electron chi connectivity index (χ1n) is 33.3. The second kappa shape index (κ2) is 28.9. The number of aromatic nitrogens is 4. The highest BCUT2D eigenvalue weighted by atomic mass is 32.2. The number of carboxylic acid groups (broad SMARTS) is 1. The number of carbonyl (C=O) groups is 9. The normalized spacial score (nSPS) is 21.5. The van der Waals surface area contributed by atoms with Gasteiger partial charge in [0.2, 0.25) is 17.7 Å². The number of hydrogen-bond donors (Lipinski definition) is 8. The van der Waals surface area contributed by atoms with Crippen LogP contribution in [0.15, 0.2) is 97.2 Å². The molecular formula is C70H83N13O15S2. The van der Waals surface area contributed by atoms with Crippen molar-refractivity contribution in [3.63, 3.8) is 0 Å². The quantitative estimate of drug-likeness (QED) is 0.0135. The number of rotatable bonds is 28. The fraction of sp³-hybridized carbons (Fsp3) is 0.457. The van der Waals surface area contributed by atoms with Gasteiger partial charge in [0.15, 0.2) is 16.1 Å². The summed E-state index contributed by atoms with van der Waals surface area (Å²) in [7, 11) is -3.47.